The van der Waals surface area contributed by atoms with Crippen LogP contribution in [0.15, 0.2) is 18.2 Å². The van der Waals surface area contributed by atoms with E-state index in [0.29, 0.717) is 30.0 Å². The van der Waals surface area contributed by atoms with Crippen LogP contribution >= 0.6 is 0 Å². The number of carbonyl (C=O) groups is 1. The molecule has 1 aromatic rings. The first-order chi connectivity index (χ1) is 8.69. The lowest BCUT2D eigenvalue weighted by atomic mass is 10.1. The van der Waals surface area contributed by atoms with E-state index < -0.39 is 0 Å². The number of nitrogens with two attached hydrogens (primary N) is 1. The number of hydrogen-bond donors (Lipinski definition) is 2. The van der Waals surface area contributed by atoms with Crippen LogP contribution in [0, 0.1) is 11.3 Å². The predicted molar refractivity (Wildman–Crippen MR) is 69.2 cm³/mol. The molecule has 0 unspecified atom stereocenters. The van der Waals surface area contributed by atoms with Crippen LogP contribution in [0.25, 0.3) is 0 Å². The number of ether oxygens (including phenoxy) is 1. The molecule has 0 bridgehead atoms. The topological polar surface area (TPSA) is 88.1 Å². The zero-order valence-electron chi connectivity index (χ0n) is 10.4. The zero-order chi connectivity index (χ0) is 13.4. The molecule has 0 atom stereocenters. The maximum atomic E-state index is 11.8. The van der Waals surface area contributed by atoms with E-state index in [1.54, 1.807) is 25.3 Å². The highest BCUT2D eigenvalue weighted by molar-refractivity contribution is 5.99. The molecule has 0 aliphatic carbocycles. The second kappa shape index (κ2) is 7.17. The first kappa shape index (κ1) is 13.8. The van der Waals surface area contributed by atoms with Gasteiger partial charge in [-0.15, -0.1) is 0 Å². The molecule has 0 heterocycles. The van der Waals surface area contributed by atoms with Crippen LogP contribution in [0.1, 0.15) is 29.6 Å². The molecule has 3 N–H and O–H groups in total. The number of nitriles is 1. The Kier molecular flexibility index (Phi) is 5.52. The van der Waals surface area contributed by atoms with Gasteiger partial charge >= 0.3 is 0 Å². The highest BCUT2D eigenvalue weighted by Gasteiger charge is 2.09. The van der Waals surface area contributed by atoms with Crippen molar-refractivity contribution in [3.05, 3.63) is 23.8 Å². The van der Waals surface area contributed by atoms with E-state index in [1.165, 1.54) is 0 Å². The third kappa shape index (κ3) is 3.98. The second-order valence-electron chi connectivity index (χ2n) is 3.82. The molecule has 1 aromatic carbocycles. The largest absolute Gasteiger partial charge is 0.497 e. The molecule has 1 amide bonds. The van der Waals surface area contributed by atoms with Crippen molar-refractivity contribution in [3.8, 4) is 11.8 Å². The number of anilines is 1. The van der Waals surface area contributed by atoms with Crippen molar-refractivity contribution in [2.24, 2.45) is 0 Å². The lowest BCUT2D eigenvalue weighted by Crippen LogP contribution is -2.25. The van der Waals surface area contributed by atoms with Gasteiger partial charge in [0.15, 0.2) is 0 Å². The van der Waals surface area contributed by atoms with Gasteiger partial charge in [-0.25, -0.2) is 0 Å². The summed E-state index contributed by atoms with van der Waals surface area (Å²) in [6.07, 6.45) is 2.09. The predicted octanol–water partition coefficient (Wildman–Crippen LogP) is 1.70. The molecular weight excluding hydrogens is 230 g/mol. The normalized spacial score (nSPS) is 9.56. The van der Waals surface area contributed by atoms with E-state index >= 15 is 0 Å². The molecule has 0 saturated heterocycles. The Labute approximate surface area is 107 Å². The Morgan fingerprint density at radius 3 is 2.89 bits per heavy atom. The van der Waals surface area contributed by atoms with Gasteiger partial charge in [0.2, 0.25) is 0 Å². The number of rotatable bonds is 6. The van der Waals surface area contributed by atoms with Crippen LogP contribution in [0.4, 0.5) is 5.69 Å². The fourth-order valence-corrected chi connectivity index (χ4v) is 1.50. The van der Waals surface area contributed by atoms with E-state index in [2.05, 4.69) is 11.4 Å². The summed E-state index contributed by atoms with van der Waals surface area (Å²) in [5, 5.41) is 11.1. The van der Waals surface area contributed by atoms with Crippen LogP contribution in [0.5, 0.6) is 5.75 Å². The van der Waals surface area contributed by atoms with Crippen LogP contribution in [-0.2, 0) is 0 Å². The van der Waals surface area contributed by atoms with Crippen molar-refractivity contribution in [1.29, 1.82) is 5.26 Å². The van der Waals surface area contributed by atoms with E-state index in [0.717, 1.165) is 12.8 Å². The summed E-state index contributed by atoms with van der Waals surface area (Å²) in [6, 6.07) is 7.01. The summed E-state index contributed by atoms with van der Waals surface area (Å²) in [6.45, 7) is 0.548. The number of nitrogen functional groups attached to an aromatic ring is 1. The number of benzene rings is 1. The van der Waals surface area contributed by atoms with Gasteiger partial charge in [0.25, 0.3) is 5.91 Å². The van der Waals surface area contributed by atoms with Gasteiger partial charge in [0.1, 0.15) is 5.75 Å². The number of nitrogens with one attached hydrogen (secondary N) is 1. The van der Waals surface area contributed by atoms with Gasteiger partial charge in [-0.05, 0) is 25.0 Å². The SMILES string of the molecule is COc1ccc(C(=O)NCCCCC#N)c(N)c1. The zero-order valence-corrected chi connectivity index (χ0v) is 10.4. The van der Waals surface area contributed by atoms with Gasteiger partial charge in [0, 0.05) is 24.7 Å². The number of methoxy groups -OCH3 is 1. The molecule has 0 aliphatic rings. The molecule has 18 heavy (non-hydrogen) atoms. The maximum absolute atomic E-state index is 11.8. The van der Waals surface area contributed by atoms with Crippen LogP contribution < -0.4 is 15.8 Å². The average molecular weight is 247 g/mol. The van der Waals surface area contributed by atoms with E-state index in [-0.39, 0.29) is 5.91 Å². The van der Waals surface area contributed by atoms with Gasteiger partial charge in [-0.3, -0.25) is 4.79 Å². The summed E-state index contributed by atoms with van der Waals surface area (Å²) < 4.78 is 5.01. The highest BCUT2D eigenvalue weighted by atomic mass is 16.5. The summed E-state index contributed by atoms with van der Waals surface area (Å²) in [4.78, 5) is 11.8. The minimum absolute atomic E-state index is 0.202. The number of hydrogen-bond acceptors (Lipinski definition) is 4. The van der Waals surface area contributed by atoms with E-state index in [1.807, 2.05) is 0 Å². The number of amides is 1. The number of carbonyl (C=O) groups excluding carboxylic acids is 1. The Hall–Kier alpha value is -2.22. The Bertz CT molecular complexity index is 452. The molecule has 0 fully saturated rings. The monoisotopic (exact) mass is 247 g/mol. The molecular formula is C13H17N3O2. The Balaban J connectivity index is 2.49. The van der Waals surface area contributed by atoms with Gasteiger partial charge in [-0.1, -0.05) is 0 Å². The van der Waals surface area contributed by atoms with Crippen molar-refractivity contribution in [2.75, 3.05) is 19.4 Å². The van der Waals surface area contributed by atoms with Gasteiger partial charge < -0.3 is 15.8 Å². The van der Waals surface area contributed by atoms with Crippen LogP contribution in [0.2, 0.25) is 0 Å². The van der Waals surface area contributed by atoms with Crippen LogP contribution in [-0.4, -0.2) is 19.6 Å². The summed E-state index contributed by atoms with van der Waals surface area (Å²) in [5.74, 6) is 0.421. The van der Waals surface area contributed by atoms with Gasteiger partial charge in [0.05, 0.1) is 18.7 Å². The fraction of sp³-hybridized carbons (Fsp3) is 0.385. The molecule has 0 saturated carbocycles. The quantitative estimate of drug-likeness (QED) is 0.591. The number of unbranched alkanes of at least 4 members (excludes halogenated alkanes) is 2. The lowest BCUT2D eigenvalue weighted by Gasteiger charge is -2.08. The summed E-state index contributed by atoms with van der Waals surface area (Å²) in [5.41, 5.74) is 6.60. The Morgan fingerprint density at radius 1 is 1.50 bits per heavy atom. The van der Waals surface area contributed by atoms with Crippen molar-refractivity contribution < 1.29 is 9.53 Å². The van der Waals surface area contributed by atoms with Crippen molar-refractivity contribution in [2.45, 2.75) is 19.3 Å². The molecule has 0 aliphatic heterocycles. The molecule has 5 heteroatoms. The highest BCUT2D eigenvalue weighted by Crippen LogP contribution is 2.19. The maximum Gasteiger partial charge on any atom is 0.253 e. The van der Waals surface area contributed by atoms with Crippen LogP contribution in [0.3, 0.4) is 0 Å². The lowest BCUT2D eigenvalue weighted by molar-refractivity contribution is 0.0954. The third-order valence-electron chi connectivity index (χ3n) is 2.50. The second-order valence-corrected chi connectivity index (χ2v) is 3.82. The smallest absolute Gasteiger partial charge is 0.253 e. The third-order valence-corrected chi connectivity index (χ3v) is 2.50. The van der Waals surface area contributed by atoms with E-state index in [9.17, 15) is 4.79 Å². The first-order valence-electron chi connectivity index (χ1n) is 5.77. The number of nitrogens with zero attached hydrogens (tertiary/aromatic N) is 1. The van der Waals surface area contributed by atoms with Gasteiger partial charge in [-0.2, -0.15) is 5.26 Å². The van der Waals surface area contributed by atoms with E-state index in [4.69, 9.17) is 15.7 Å². The summed E-state index contributed by atoms with van der Waals surface area (Å²) in [7, 11) is 1.55. The summed E-state index contributed by atoms with van der Waals surface area (Å²) >= 11 is 0. The average Bonchev–Trinajstić information content (AvgIpc) is 2.38. The molecule has 96 valence electrons. The molecule has 0 aromatic heterocycles. The minimum atomic E-state index is -0.202. The van der Waals surface area contributed by atoms with Crippen molar-refractivity contribution in [3.63, 3.8) is 0 Å². The van der Waals surface area contributed by atoms with Crippen molar-refractivity contribution >= 4 is 11.6 Å². The van der Waals surface area contributed by atoms with Crippen molar-refractivity contribution in [1.82, 2.24) is 5.32 Å². The Morgan fingerprint density at radius 2 is 2.28 bits per heavy atom. The fourth-order valence-electron chi connectivity index (χ4n) is 1.50. The standard InChI is InChI=1S/C13H17N3O2/c1-18-10-5-6-11(12(15)9-10)13(17)16-8-4-2-3-7-14/h5-6,9H,2-4,8,15H2,1H3,(H,16,17). The molecule has 1 rings (SSSR count). The molecule has 0 radical (unpaired) electrons. The molecule has 5 nitrogen and oxygen atoms in total. The molecule has 0 spiro atoms. The minimum Gasteiger partial charge on any atom is -0.497 e. The first-order valence-corrected chi connectivity index (χ1v) is 5.77.